The summed E-state index contributed by atoms with van der Waals surface area (Å²) >= 11 is 1.20. The highest BCUT2D eigenvalue weighted by Gasteiger charge is 2.30. The van der Waals surface area contributed by atoms with Gasteiger partial charge in [-0.3, -0.25) is 9.59 Å². The minimum atomic E-state index is -4.33. The van der Waals surface area contributed by atoms with Gasteiger partial charge in [-0.05, 0) is 74.5 Å². The number of amides is 1. The molecule has 1 aromatic heterocycles. The number of hydrogen-bond acceptors (Lipinski definition) is 4. The molecule has 0 aliphatic carbocycles. The number of carbonyl (C=O) groups is 1. The predicted octanol–water partition coefficient (Wildman–Crippen LogP) is 9.10. The number of aryl methyl sites for hydroxylation is 1. The van der Waals surface area contributed by atoms with Gasteiger partial charge in [-0.2, -0.15) is 13.2 Å². The Labute approximate surface area is 294 Å². The number of rotatable bonds is 15. The molecule has 5 nitrogen and oxygen atoms in total. The van der Waals surface area contributed by atoms with Crippen LogP contribution in [0.3, 0.4) is 0 Å². The largest absolute Gasteiger partial charge is 0.416 e. The molecule has 11 heteroatoms. The number of unbranched alkanes of at least 4 members (excludes halogenated alkanes) is 4. The van der Waals surface area contributed by atoms with E-state index in [0.717, 1.165) is 94.8 Å². The highest BCUT2D eigenvalue weighted by molar-refractivity contribution is 7.98. The van der Waals surface area contributed by atoms with Crippen LogP contribution in [0.2, 0.25) is 0 Å². The van der Waals surface area contributed by atoms with Crippen molar-refractivity contribution in [2.75, 3.05) is 26.2 Å². The van der Waals surface area contributed by atoms with E-state index < -0.39 is 23.4 Å². The Balaban J connectivity index is 1.25. The Kier molecular flexibility index (Phi) is 13.1. The summed E-state index contributed by atoms with van der Waals surface area (Å²) in [5, 5.41) is 1.00. The Hall–Kier alpha value is -3.70. The first kappa shape index (κ1) is 37.6. The lowest BCUT2D eigenvalue weighted by atomic mass is 10.0. The average Bonchev–Trinajstić information content (AvgIpc) is 3.11. The number of alkyl halides is 3. The summed E-state index contributed by atoms with van der Waals surface area (Å²) in [5.41, 5.74) is 0.848. The molecule has 0 spiro atoms. The number of nitrogens with zero attached hydrogens (tertiary/aromatic N) is 3. The molecule has 1 amide bonds. The molecular weight excluding hydrogens is 670 g/mol. The maximum Gasteiger partial charge on any atom is 0.416 e. The molecule has 50 heavy (non-hydrogen) atoms. The molecule has 0 saturated carbocycles. The van der Waals surface area contributed by atoms with E-state index in [9.17, 15) is 31.5 Å². The third-order valence-corrected chi connectivity index (χ3v) is 10.7. The smallest absolute Gasteiger partial charge is 0.338 e. The Morgan fingerprint density at radius 3 is 2.32 bits per heavy atom. The van der Waals surface area contributed by atoms with Crippen LogP contribution in [-0.4, -0.2) is 52.5 Å². The summed E-state index contributed by atoms with van der Waals surface area (Å²) in [5.74, 6) is -1.81. The fourth-order valence-corrected chi connectivity index (χ4v) is 7.72. The minimum absolute atomic E-state index is 0.00980. The highest BCUT2D eigenvalue weighted by atomic mass is 32.2. The van der Waals surface area contributed by atoms with Gasteiger partial charge >= 0.3 is 6.18 Å². The molecule has 268 valence electrons. The summed E-state index contributed by atoms with van der Waals surface area (Å²) in [4.78, 5) is 31.7. The zero-order chi connectivity index (χ0) is 35.7. The number of aromatic nitrogens is 1. The summed E-state index contributed by atoms with van der Waals surface area (Å²) < 4.78 is 68.8. The third-order valence-electron chi connectivity index (χ3n) is 9.59. The van der Waals surface area contributed by atoms with Gasteiger partial charge < -0.3 is 14.4 Å². The van der Waals surface area contributed by atoms with E-state index in [1.165, 1.54) is 30.0 Å². The van der Waals surface area contributed by atoms with Gasteiger partial charge in [0, 0.05) is 48.4 Å². The second-order valence-electron chi connectivity index (χ2n) is 12.9. The van der Waals surface area contributed by atoms with E-state index in [0.29, 0.717) is 22.5 Å². The summed E-state index contributed by atoms with van der Waals surface area (Å²) in [7, 11) is 0. The normalized spacial score (nSPS) is 14.4. The van der Waals surface area contributed by atoms with Crippen LogP contribution in [0.1, 0.15) is 68.6 Å². The summed E-state index contributed by atoms with van der Waals surface area (Å²) in [6.07, 6.45) is 2.66. The van der Waals surface area contributed by atoms with E-state index in [4.69, 9.17) is 0 Å². The first-order valence-corrected chi connectivity index (χ1v) is 18.4. The molecule has 0 N–H and O–H groups in total. The number of hydrogen-bond donors (Lipinski definition) is 0. The first-order chi connectivity index (χ1) is 24.0. The van der Waals surface area contributed by atoms with Gasteiger partial charge in [0.1, 0.15) is 6.54 Å². The van der Waals surface area contributed by atoms with Gasteiger partial charge in [0.2, 0.25) is 5.91 Å². The molecule has 0 radical (unpaired) electrons. The van der Waals surface area contributed by atoms with E-state index >= 15 is 0 Å². The molecular formula is C39H44F5N3O2S. The first-order valence-electron chi connectivity index (χ1n) is 17.4. The second-order valence-corrected chi connectivity index (χ2v) is 13.9. The lowest BCUT2D eigenvalue weighted by Gasteiger charge is -2.38. The number of likely N-dealkylation sites (tertiary alicyclic amines) is 1. The average molecular weight is 714 g/mol. The van der Waals surface area contributed by atoms with Crippen molar-refractivity contribution in [3.05, 3.63) is 111 Å². The monoisotopic (exact) mass is 713 g/mol. The number of fused-ring (bicyclic) bond motifs is 1. The van der Waals surface area contributed by atoms with Crippen LogP contribution < -0.4 is 5.43 Å². The van der Waals surface area contributed by atoms with Crippen LogP contribution in [0.25, 0.3) is 10.9 Å². The van der Waals surface area contributed by atoms with Crippen molar-refractivity contribution in [1.29, 1.82) is 0 Å². The van der Waals surface area contributed by atoms with Crippen LogP contribution in [-0.2, 0) is 29.7 Å². The number of carbonyl (C=O) groups excluding carboxylic acids is 1. The standard InChI is InChI=1S/C39H44F5N3O2S/c1-2-45-23-20-31(21-24-45)46(22-9-5-3-4-6-11-28-16-18-30(19-17-28)39(42,43)44)36(49)26-47-34-15-8-7-13-32(34)35(48)25-37(47)50-27-29-12-10-14-33(40)38(29)41/h7-8,10,12-19,25,31H,2-6,9,11,20-24,26-27H2,1H3. The van der Waals surface area contributed by atoms with Crippen molar-refractivity contribution in [2.45, 2.75) is 87.8 Å². The van der Waals surface area contributed by atoms with Crippen molar-refractivity contribution >= 4 is 28.6 Å². The van der Waals surface area contributed by atoms with Crippen molar-refractivity contribution < 1.29 is 26.7 Å². The lowest BCUT2D eigenvalue weighted by Crippen LogP contribution is -2.48. The Morgan fingerprint density at radius 1 is 0.900 bits per heavy atom. The molecule has 4 aromatic rings. The molecule has 0 unspecified atom stereocenters. The zero-order valence-electron chi connectivity index (χ0n) is 28.4. The number of halogens is 5. The van der Waals surface area contributed by atoms with Gasteiger partial charge in [-0.15, -0.1) is 11.8 Å². The zero-order valence-corrected chi connectivity index (χ0v) is 29.2. The maximum absolute atomic E-state index is 14.5. The van der Waals surface area contributed by atoms with E-state index in [-0.39, 0.29) is 35.2 Å². The van der Waals surface area contributed by atoms with E-state index in [1.807, 2.05) is 21.6 Å². The van der Waals surface area contributed by atoms with Gasteiger partial charge in [0.25, 0.3) is 0 Å². The summed E-state index contributed by atoms with van der Waals surface area (Å²) in [6.45, 7) is 5.53. The van der Waals surface area contributed by atoms with E-state index in [2.05, 4.69) is 11.8 Å². The molecule has 2 heterocycles. The van der Waals surface area contributed by atoms with Crippen molar-refractivity contribution in [3.63, 3.8) is 0 Å². The Bertz CT molecular complexity index is 1790. The van der Waals surface area contributed by atoms with Crippen LogP contribution >= 0.6 is 11.8 Å². The number of piperidine rings is 1. The lowest BCUT2D eigenvalue weighted by molar-refractivity contribution is -0.137. The van der Waals surface area contributed by atoms with Gasteiger partial charge in [0.05, 0.1) is 16.1 Å². The van der Waals surface area contributed by atoms with Crippen LogP contribution in [0.4, 0.5) is 22.0 Å². The van der Waals surface area contributed by atoms with Crippen molar-refractivity contribution in [1.82, 2.24) is 14.4 Å². The molecule has 1 aliphatic rings. The van der Waals surface area contributed by atoms with Gasteiger partial charge in [-0.25, -0.2) is 8.78 Å². The van der Waals surface area contributed by atoms with Gasteiger partial charge in [0.15, 0.2) is 17.1 Å². The fraction of sp³-hybridized carbons (Fsp3) is 0.436. The van der Waals surface area contributed by atoms with Crippen LogP contribution in [0, 0.1) is 11.6 Å². The topological polar surface area (TPSA) is 45.5 Å². The molecule has 0 bridgehead atoms. The van der Waals surface area contributed by atoms with Crippen molar-refractivity contribution in [3.8, 4) is 0 Å². The predicted molar refractivity (Wildman–Crippen MR) is 189 cm³/mol. The van der Waals surface area contributed by atoms with Crippen LogP contribution in [0.15, 0.2) is 82.6 Å². The minimum Gasteiger partial charge on any atom is -0.338 e. The molecule has 0 atom stereocenters. The number of para-hydroxylation sites is 1. The van der Waals surface area contributed by atoms with E-state index in [1.54, 1.807) is 24.3 Å². The Morgan fingerprint density at radius 2 is 1.60 bits per heavy atom. The summed E-state index contributed by atoms with van der Waals surface area (Å²) in [6, 6.07) is 18.1. The second kappa shape index (κ2) is 17.5. The number of benzene rings is 3. The fourth-order valence-electron chi connectivity index (χ4n) is 6.68. The molecule has 1 fully saturated rings. The SMILES string of the molecule is CCN1CCC(N(CCCCCCCc2ccc(C(F)(F)F)cc2)C(=O)Cn2c(SCc3cccc(F)c3F)cc(=O)c3ccccc32)CC1. The maximum atomic E-state index is 14.5. The van der Waals surface area contributed by atoms with Crippen LogP contribution in [0.5, 0.6) is 0 Å². The molecule has 1 aliphatic heterocycles. The number of pyridine rings is 1. The number of thioether (sulfide) groups is 1. The molecule has 1 saturated heterocycles. The quantitative estimate of drug-likeness (QED) is 0.0701. The highest BCUT2D eigenvalue weighted by Crippen LogP contribution is 2.30. The molecule has 5 rings (SSSR count). The third kappa shape index (κ3) is 9.75. The van der Waals surface area contributed by atoms with Gasteiger partial charge in [-0.1, -0.05) is 62.6 Å². The van der Waals surface area contributed by atoms with Crippen molar-refractivity contribution in [2.24, 2.45) is 0 Å². The molecule has 3 aromatic carbocycles.